The van der Waals surface area contributed by atoms with Crippen molar-refractivity contribution in [3.8, 4) is 0 Å². The second kappa shape index (κ2) is 10.5. The number of rotatable bonds is 7. The minimum absolute atomic E-state index is 0.154. The molecule has 2 unspecified atom stereocenters. The van der Waals surface area contributed by atoms with Crippen LogP contribution >= 0.6 is 0 Å². The predicted molar refractivity (Wildman–Crippen MR) is 109 cm³/mol. The summed E-state index contributed by atoms with van der Waals surface area (Å²) in [5, 5.41) is 25.8. The highest BCUT2D eigenvalue weighted by Crippen LogP contribution is 2.20. The van der Waals surface area contributed by atoms with Crippen LogP contribution < -0.4 is 10.6 Å². The maximum Gasteiger partial charge on any atom is 0.407 e. The molecule has 1 aromatic rings. The van der Waals surface area contributed by atoms with Crippen LogP contribution in [0.15, 0.2) is 24.3 Å². The zero-order valence-corrected chi connectivity index (χ0v) is 18.1. The number of amides is 2. The monoisotopic (exact) mass is 410 g/mol. The third kappa shape index (κ3) is 10.7. The summed E-state index contributed by atoms with van der Waals surface area (Å²) in [6, 6.07) is 6.92. The minimum atomic E-state index is -1.13. The highest BCUT2D eigenvalue weighted by atomic mass is 16.6. The van der Waals surface area contributed by atoms with Crippen LogP contribution in [0.5, 0.6) is 0 Å². The molecular formula is C21H34N2O6. The lowest BCUT2D eigenvalue weighted by Gasteiger charge is -2.22. The largest absolute Gasteiger partial charge is 0.444 e. The Kier molecular flexibility index (Phi) is 8.91. The summed E-state index contributed by atoms with van der Waals surface area (Å²) < 4.78 is 10.3. The average Bonchev–Trinajstić information content (AvgIpc) is 2.56. The fraction of sp³-hybridized carbons (Fsp3) is 0.619. The van der Waals surface area contributed by atoms with Crippen LogP contribution in [0, 0.1) is 0 Å². The molecule has 2 atom stereocenters. The molecular weight excluding hydrogens is 376 g/mol. The number of carbonyl (C=O) groups is 2. The molecule has 2 amide bonds. The first-order valence-corrected chi connectivity index (χ1v) is 9.65. The highest BCUT2D eigenvalue weighted by Gasteiger charge is 2.21. The summed E-state index contributed by atoms with van der Waals surface area (Å²) in [7, 11) is 0. The normalized spacial score (nSPS) is 13.9. The van der Waals surface area contributed by atoms with E-state index in [9.17, 15) is 19.8 Å². The van der Waals surface area contributed by atoms with Gasteiger partial charge in [0.2, 0.25) is 0 Å². The fourth-order valence-electron chi connectivity index (χ4n) is 2.39. The first-order valence-electron chi connectivity index (χ1n) is 9.65. The molecule has 0 heterocycles. The first-order chi connectivity index (χ1) is 13.3. The van der Waals surface area contributed by atoms with E-state index >= 15 is 0 Å². The Balaban J connectivity index is 2.53. The molecule has 0 saturated carbocycles. The van der Waals surface area contributed by atoms with E-state index in [1.807, 2.05) is 0 Å². The standard InChI is InChI=1S/C21H34N2O6/c1-20(2,3)28-18(26)22-11-10-16(24)17(25)15-9-7-8-14(12-15)13-23-19(27)29-21(4,5)6/h7-9,12,16-17,24-25H,10-11,13H2,1-6H3,(H,22,26)(H,23,27). The molecule has 4 N–H and O–H groups in total. The van der Waals surface area contributed by atoms with E-state index in [0.29, 0.717) is 5.56 Å². The van der Waals surface area contributed by atoms with E-state index in [1.165, 1.54) is 0 Å². The van der Waals surface area contributed by atoms with Crippen LogP contribution in [0.1, 0.15) is 65.2 Å². The second-order valence-electron chi connectivity index (χ2n) is 8.83. The van der Waals surface area contributed by atoms with Gasteiger partial charge in [0.15, 0.2) is 0 Å². The Morgan fingerprint density at radius 2 is 1.52 bits per heavy atom. The Morgan fingerprint density at radius 1 is 0.966 bits per heavy atom. The number of aliphatic hydroxyl groups is 2. The first kappa shape index (κ1) is 24.7. The summed E-state index contributed by atoms with van der Waals surface area (Å²) >= 11 is 0. The molecule has 0 fully saturated rings. The molecule has 0 aliphatic heterocycles. The Labute approximate surface area is 172 Å². The van der Waals surface area contributed by atoms with Crippen LogP contribution in [0.25, 0.3) is 0 Å². The number of hydrogen-bond acceptors (Lipinski definition) is 6. The summed E-state index contributed by atoms with van der Waals surface area (Å²) in [6.45, 7) is 11.0. The quantitative estimate of drug-likeness (QED) is 0.549. The van der Waals surface area contributed by atoms with Gasteiger partial charge in [-0.1, -0.05) is 24.3 Å². The number of nitrogens with one attached hydrogen (secondary N) is 2. The number of ether oxygens (including phenoxy) is 2. The van der Waals surface area contributed by atoms with Crippen LogP contribution in [0.4, 0.5) is 9.59 Å². The van der Waals surface area contributed by atoms with Crippen molar-refractivity contribution in [3.63, 3.8) is 0 Å². The minimum Gasteiger partial charge on any atom is -0.444 e. The van der Waals surface area contributed by atoms with E-state index < -0.39 is 35.6 Å². The number of benzene rings is 1. The van der Waals surface area contributed by atoms with E-state index in [4.69, 9.17) is 9.47 Å². The van der Waals surface area contributed by atoms with Crippen molar-refractivity contribution < 1.29 is 29.3 Å². The molecule has 0 aliphatic carbocycles. The molecule has 1 rings (SSSR count). The molecule has 0 saturated heterocycles. The predicted octanol–water partition coefficient (Wildman–Crippen LogP) is 3.02. The molecule has 164 valence electrons. The zero-order valence-electron chi connectivity index (χ0n) is 18.1. The highest BCUT2D eigenvalue weighted by molar-refractivity contribution is 5.68. The third-order valence-corrected chi connectivity index (χ3v) is 3.60. The molecule has 8 heteroatoms. The van der Waals surface area contributed by atoms with E-state index in [-0.39, 0.29) is 19.5 Å². The van der Waals surface area contributed by atoms with Gasteiger partial charge in [0, 0.05) is 13.1 Å². The van der Waals surface area contributed by atoms with Crippen LogP contribution in [-0.2, 0) is 16.0 Å². The number of carbonyl (C=O) groups excluding carboxylic acids is 2. The van der Waals surface area contributed by atoms with Gasteiger partial charge in [-0.3, -0.25) is 0 Å². The van der Waals surface area contributed by atoms with Gasteiger partial charge in [0.1, 0.15) is 17.3 Å². The lowest BCUT2D eigenvalue weighted by molar-refractivity contribution is 0.0122. The van der Waals surface area contributed by atoms with E-state index in [0.717, 1.165) is 5.56 Å². The van der Waals surface area contributed by atoms with Crippen LogP contribution in [-0.4, -0.2) is 46.3 Å². The smallest absolute Gasteiger partial charge is 0.407 e. The maximum atomic E-state index is 11.8. The lowest BCUT2D eigenvalue weighted by atomic mass is 10.00. The Morgan fingerprint density at radius 3 is 2.07 bits per heavy atom. The average molecular weight is 411 g/mol. The SMILES string of the molecule is CC(C)(C)OC(=O)NCCC(O)C(O)c1cccc(CNC(=O)OC(C)(C)C)c1. The number of hydrogen-bond donors (Lipinski definition) is 4. The van der Waals surface area contributed by atoms with Crippen molar-refractivity contribution in [1.29, 1.82) is 0 Å². The van der Waals surface area contributed by atoms with Crippen molar-refractivity contribution in [1.82, 2.24) is 10.6 Å². The molecule has 0 aliphatic rings. The Hall–Kier alpha value is -2.32. The van der Waals surface area contributed by atoms with Crippen molar-refractivity contribution in [2.45, 2.75) is 77.9 Å². The fourth-order valence-corrected chi connectivity index (χ4v) is 2.39. The molecule has 29 heavy (non-hydrogen) atoms. The maximum absolute atomic E-state index is 11.8. The van der Waals surface area contributed by atoms with Gasteiger partial charge in [-0.15, -0.1) is 0 Å². The van der Waals surface area contributed by atoms with Crippen molar-refractivity contribution in [2.24, 2.45) is 0 Å². The summed E-state index contributed by atoms with van der Waals surface area (Å²) in [4.78, 5) is 23.4. The summed E-state index contributed by atoms with van der Waals surface area (Å²) in [5.74, 6) is 0. The van der Waals surface area contributed by atoms with Gasteiger partial charge in [0.05, 0.1) is 6.10 Å². The van der Waals surface area contributed by atoms with Crippen LogP contribution in [0.2, 0.25) is 0 Å². The van der Waals surface area contributed by atoms with E-state index in [2.05, 4.69) is 10.6 Å². The molecule has 1 aromatic carbocycles. The second-order valence-corrected chi connectivity index (χ2v) is 8.83. The van der Waals surface area contributed by atoms with Gasteiger partial charge in [0.25, 0.3) is 0 Å². The van der Waals surface area contributed by atoms with Gasteiger partial charge < -0.3 is 30.3 Å². The summed E-state index contributed by atoms with van der Waals surface area (Å²) in [5.41, 5.74) is 0.0833. The van der Waals surface area contributed by atoms with Crippen molar-refractivity contribution in [3.05, 3.63) is 35.4 Å². The third-order valence-electron chi connectivity index (χ3n) is 3.60. The number of alkyl carbamates (subject to hydrolysis) is 2. The molecule has 0 bridgehead atoms. The molecule has 0 spiro atoms. The van der Waals surface area contributed by atoms with Gasteiger partial charge in [-0.25, -0.2) is 9.59 Å². The summed E-state index contributed by atoms with van der Waals surface area (Å²) in [6.07, 6.45) is -3.15. The molecule has 0 radical (unpaired) electrons. The van der Waals surface area contributed by atoms with Gasteiger partial charge >= 0.3 is 12.2 Å². The molecule has 0 aromatic heterocycles. The zero-order chi connectivity index (χ0) is 22.2. The Bertz CT molecular complexity index is 678. The van der Waals surface area contributed by atoms with Crippen molar-refractivity contribution >= 4 is 12.2 Å². The van der Waals surface area contributed by atoms with E-state index in [1.54, 1.807) is 65.8 Å². The van der Waals surface area contributed by atoms with Crippen LogP contribution in [0.3, 0.4) is 0 Å². The topological polar surface area (TPSA) is 117 Å². The lowest BCUT2D eigenvalue weighted by Crippen LogP contribution is -2.34. The van der Waals surface area contributed by atoms with Gasteiger partial charge in [-0.05, 0) is 59.1 Å². The van der Waals surface area contributed by atoms with Crippen molar-refractivity contribution in [2.75, 3.05) is 6.54 Å². The number of aliphatic hydroxyl groups excluding tert-OH is 2. The van der Waals surface area contributed by atoms with Gasteiger partial charge in [-0.2, -0.15) is 0 Å². The molecule has 8 nitrogen and oxygen atoms in total.